The Morgan fingerprint density at radius 1 is 1.45 bits per heavy atom. The van der Waals surface area contributed by atoms with Crippen molar-refractivity contribution in [3.63, 3.8) is 0 Å². The maximum Gasteiger partial charge on any atom is 0.243 e. The lowest BCUT2D eigenvalue weighted by atomic mass is 10.0. The Morgan fingerprint density at radius 2 is 2.15 bits per heavy atom. The van der Waals surface area contributed by atoms with Crippen molar-refractivity contribution in [2.45, 2.75) is 24.3 Å². The molecule has 0 radical (unpaired) electrons. The van der Waals surface area contributed by atoms with Gasteiger partial charge in [-0.2, -0.15) is 0 Å². The Labute approximate surface area is 116 Å². The van der Waals surface area contributed by atoms with E-state index in [1.807, 2.05) is 0 Å². The predicted molar refractivity (Wildman–Crippen MR) is 69.5 cm³/mol. The molecule has 20 heavy (non-hydrogen) atoms. The van der Waals surface area contributed by atoms with E-state index in [1.165, 1.54) is 0 Å². The van der Waals surface area contributed by atoms with E-state index in [4.69, 9.17) is 10.5 Å². The van der Waals surface area contributed by atoms with Gasteiger partial charge in [0, 0.05) is 18.6 Å². The van der Waals surface area contributed by atoms with Crippen LogP contribution in [0.2, 0.25) is 0 Å². The second kappa shape index (κ2) is 5.63. The second-order valence-electron chi connectivity index (χ2n) is 4.81. The zero-order chi connectivity index (χ0) is 14.9. The molecule has 1 aliphatic rings. The fourth-order valence-corrected chi connectivity index (χ4v) is 3.51. The van der Waals surface area contributed by atoms with Crippen LogP contribution in [0.3, 0.4) is 0 Å². The van der Waals surface area contributed by atoms with Crippen molar-refractivity contribution in [2.75, 3.05) is 18.9 Å². The van der Waals surface area contributed by atoms with Crippen molar-refractivity contribution >= 4 is 15.7 Å². The number of nitrogens with two attached hydrogens (primary N) is 1. The van der Waals surface area contributed by atoms with Crippen LogP contribution in [0.25, 0.3) is 0 Å². The minimum atomic E-state index is -4.09. The quantitative estimate of drug-likeness (QED) is 0.820. The van der Waals surface area contributed by atoms with E-state index in [0.717, 1.165) is 18.6 Å². The SMILES string of the molecule is CC(NS(=O)(=O)c1ccc(F)c(N)c1F)C1CCOC1. The molecule has 3 N–H and O–H groups in total. The van der Waals surface area contributed by atoms with Gasteiger partial charge >= 0.3 is 0 Å². The van der Waals surface area contributed by atoms with Gasteiger partial charge in [-0.3, -0.25) is 0 Å². The van der Waals surface area contributed by atoms with Crippen LogP contribution in [0.4, 0.5) is 14.5 Å². The molecule has 8 heteroatoms. The number of rotatable bonds is 4. The molecule has 0 bridgehead atoms. The van der Waals surface area contributed by atoms with Crippen molar-refractivity contribution in [1.29, 1.82) is 0 Å². The van der Waals surface area contributed by atoms with E-state index < -0.39 is 38.3 Å². The Bertz CT molecular complexity index is 601. The zero-order valence-corrected chi connectivity index (χ0v) is 11.7. The fraction of sp³-hybridized carbons (Fsp3) is 0.500. The number of ether oxygens (including phenoxy) is 1. The van der Waals surface area contributed by atoms with E-state index in [0.29, 0.717) is 13.2 Å². The van der Waals surface area contributed by atoms with E-state index >= 15 is 0 Å². The lowest BCUT2D eigenvalue weighted by molar-refractivity contribution is 0.180. The van der Waals surface area contributed by atoms with Crippen molar-refractivity contribution in [3.8, 4) is 0 Å². The molecular formula is C12H16F2N2O3S. The number of halogens is 2. The Balaban J connectivity index is 2.24. The molecule has 2 rings (SSSR count). The Morgan fingerprint density at radius 3 is 2.75 bits per heavy atom. The molecular weight excluding hydrogens is 290 g/mol. The van der Waals surface area contributed by atoms with Crippen LogP contribution < -0.4 is 10.5 Å². The first-order valence-electron chi connectivity index (χ1n) is 6.16. The van der Waals surface area contributed by atoms with Gasteiger partial charge in [0.1, 0.15) is 16.4 Å². The van der Waals surface area contributed by atoms with Crippen LogP contribution in [0.15, 0.2) is 17.0 Å². The lowest BCUT2D eigenvalue weighted by Gasteiger charge is -2.19. The molecule has 2 atom stereocenters. The van der Waals surface area contributed by atoms with Crippen molar-refractivity contribution < 1.29 is 21.9 Å². The van der Waals surface area contributed by atoms with Crippen molar-refractivity contribution in [1.82, 2.24) is 4.72 Å². The highest BCUT2D eigenvalue weighted by Gasteiger charge is 2.29. The smallest absolute Gasteiger partial charge is 0.243 e. The third kappa shape index (κ3) is 2.92. The molecule has 0 aliphatic carbocycles. The molecule has 1 saturated heterocycles. The number of benzene rings is 1. The van der Waals surface area contributed by atoms with Gasteiger partial charge in [-0.05, 0) is 25.5 Å². The van der Waals surface area contributed by atoms with Gasteiger partial charge in [0.15, 0.2) is 5.82 Å². The summed E-state index contributed by atoms with van der Waals surface area (Å²) in [5.74, 6) is -2.23. The summed E-state index contributed by atoms with van der Waals surface area (Å²) in [5.41, 5.74) is 4.37. The number of hydrogen-bond acceptors (Lipinski definition) is 4. The minimum absolute atomic E-state index is 0.0330. The molecule has 1 aromatic carbocycles. The highest BCUT2D eigenvalue weighted by atomic mass is 32.2. The number of nitrogens with one attached hydrogen (secondary N) is 1. The van der Waals surface area contributed by atoms with Crippen LogP contribution >= 0.6 is 0 Å². The summed E-state index contributed by atoms with van der Waals surface area (Å²) in [6.07, 6.45) is 0.734. The average molecular weight is 306 g/mol. The fourth-order valence-electron chi connectivity index (χ4n) is 2.11. The number of hydrogen-bond donors (Lipinski definition) is 2. The molecule has 1 aliphatic heterocycles. The summed E-state index contributed by atoms with van der Waals surface area (Å²) >= 11 is 0. The monoisotopic (exact) mass is 306 g/mol. The van der Waals surface area contributed by atoms with Gasteiger partial charge in [-0.15, -0.1) is 0 Å². The maximum atomic E-state index is 13.8. The molecule has 0 amide bonds. The third-order valence-corrected chi connectivity index (χ3v) is 4.97. The van der Waals surface area contributed by atoms with Crippen LogP contribution in [0.5, 0.6) is 0 Å². The lowest BCUT2D eigenvalue weighted by Crippen LogP contribution is -2.38. The van der Waals surface area contributed by atoms with Gasteiger partial charge in [0.25, 0.3) is 0 Å². The van der Waals surface area contributed by atoms with Crippen LogP contribution in [-0.4, -0.2) is 27.7 Å². The van der Waals surface area contributed by atoms with Gasteiger partial charge in [0.05, 0.1) is 6.61 Å². The van der Waals surface area contributed by atoms with Gasteiger partial charge in [-0.1, -0.05) is 0 Å². The highest BCUT2D eigenvalue weighted by molar-refractivity contribution is 7.89. The van der Waals surface area contributed by atoms with Crippen molar-refractivity contribution in [2.24, 2.45) is 5.92 Å². The first kappa shape index (κ1) is 15.1. The third-order valence-electron chi connectivity index (χ3n) is 3.39. The van der Waals surface area contributed by atoms with Gasteiger partial charge < -0.3 is 10.5 Å². The van der Waals surface area contributed by atoms with E-state index in [2.05, 4.69) is 4.72 Å². The standard InChI is InChI=1S/C12H16F2N2O3S/c1-7(8-4-5-19-6-8)16-20(17,18)10-3-2-9(13)12(15)11(10)14/h2-3,7-8,16H,4-6,15H2,1H3. The summed E-state index contributed by atoms with van der Waals surface area (Å²) in [5, 5.41) is 0. The number of anilines is 1. The van der Waals surface area contributed by atoms with Gasteiger partial charge in [0.2, 0.25) is 10.0 Å². The zero-order valence-electron chi connectivity index (χ0n) is 10.9. The molecule has 112 valence electrons. The largest absolute Gasteiger partial charge is 0.394 e. The van der Waals surface area contributed by atoms with E-state index in [9.17, 15) is 17.2 Å². The maximum absolute atomic E-state index is 13.8. The average Bonchev–Trinajstić information content (AvgIpc) is 2.89. The molecule has 1 heterocycles. The topological polar surface area (TPSA) is 81.4 Å². The molecule has 2 unspecified atom stereocenters. The van der Waals surface area contributed by atoms with Crippen LogP contribution in [-0.2, 0) is 14.8 Å². The summed E-state index contributed by atoms with van der Waals surface area (Å²) < 4.78 is 58.6. The molecule has 1 aromatic rings. The molecule has 0 aromatic heterocycles. The highest BCUT2D eigenvalue weighted by Crippen LogP contribution is 2.24. The normalized spacial score (nSPS) is 21.1. The number of sulfonamides is 1. The first-order chi connectivity index (χ1) is 9.33. The van der Waals surface area contributed by atoms with E-state index in [1.54, 1.807) is 6.92 Å². The molecule has 0 saturated carbocycles. The first-order valence-corrected chi connectivity index (χ1v) is 7.65. The molecule has 1 fully saturated rings. The summed E-state index contributed by atoms with van der Waals surface area (Å²) in [7, 11) is -4.09. The minimum Gasteiger partial charge on any atom is -0.394 e. The number of nitrogen functional groups attached to an aromatic ring is 1. The van der Waals surface area contributed by atoms with Crippen LogP contribution in [0, 0.1) is 17.6 Å². The second-order valence-corrected chi connectivity index (χ2v) is 6.49. The molecule has 0 spiro atoms. The Hall–Kier alpha value is -1.25. The summed E-state index contributed by atoms with van der Waals surface area (Å²) in [6, 6.07) is 1.28. The Kier molecular flexibility index (Phi) is 4.26. The van der Waals surface area contributed by atoms with Crippen molar-refractivity contribution in [3.05, 3.63) is 23.8 Å². The van der Waals surface area contributed by atoms with Gasteiger partial charge in [-0.25, -0.2) is 21.9 Å². The predicted octanol–water partition coefficient (Wildman–Crippen LogP) is 1.25. The van der Waals surface area contributed by atoms with Crippen LogP contribution in [0.1, 0.15) is 13.3 Å². The molecule has 5 nitrogen and oxygen atoms in total. The van der Waals surface area contributed by atoms with E-state index in [-0.39, 0.29) is 5.92 Å². The summed E-state index contributed by atoms with van der Waals surface area (Å²) in [6.45, 7) is 2.72. The summed E-state index contributed by atoms with van der Waals surface area (Å²) in [4.78, 5) is -0.651.